The summed E-state index contributed by atoms with van der Waals surface area (Å²) in [7, 11) is 0. The number of hydrogen-bond acceptors (Lipinski definition) is 6. The van der Waals surface area contributed by atoms with Crippen molar-refractivity contribution >= 4 is 23.9 Å². The molecule has 0 radical (unpaired) electrons. The van der Waals surface area contributed by atoms with Crippen LogP contribution in [0.5, 0.6) is 11.5 Å². The summed E-state index contributed by atoms with van der Waals surface area (Å²) in [5.41, 5.74) is 2.13. The predicted molar refractivity (Wildman–Crippen MR) is 214 cm³/mol. The molecule has 0 aliphatic carbocycles. The van der Waals surface area contributed by atoms with Gasteiger partial charge in [0, 0.05) is 13.1 Å². The fourth-order valence-electron chi connectivity index (χ4n) is 7.53. The zero-order valence-electron chi connectivity index (χ0n) is 35.4. The second-order valence-electron chi connectivity index (χ2n) is 20.2. The highest BCUT2D eigenvalue weighted by Crippen LogP contribution is 2.42. The molecule has 2 aliphatic heterocycles. The molecule has 2 fully saturated rings. The number of nitrogens with one attached hydrogen (secondary N) is 2. The number of unbranched alkanes of at least 4 members (excludes halogenated alkanes) is 1. The van der Waals surface area contributed by atoms with Crippen molar-refractivity contribution in [2.45, 2.75) is 168 Å². The zero-order chi connectivity index (χ0) is 41.0. The van der Waals surface area contributed by atoms with Crippen LogP contribution in [0, 0.1) is 0 Å². The van der Waals surface area contributed by atoms with Gasteiger partial charge in [0.15, 0.2) is 0 Å². The van der Waals surface area contributed by atoms with E-state index < -0.39 is 23.1 Å². The van der Waals surface area contributed by atoms with Gasteiger partial charge in [-0.25, -0.2) is 9.59 Å². The summed E-state index contributed by atoms with van der Waals surface area (Å²) in [5.74, 6) is 0.0222. The smallest absolute Gasteiger partial charge is 0.325 e. The second-order valence-corrected chi connectivity index (χ2v) is 20.2. The van der Waals surface area contributed by atoms with E-state index in [0.717, 1.165) is 33.4 Å². The summed E-state index contributed by atoms with van der Waals surface area (Å²) in [6.07, 6.45) is 2.73. The number of urea groups is 2. The summed E-state index contributed by atoms with van der Waals surface area (Å²) in [5, 5.41) is 28.1. The summed E-state index contributed by atoms with van der Waals surface area (Å²) < 4.78 is 0. The van der Waals surface area contributed by atoms with Gasteiger partial charge in [0.1, 0.15) is 22.6 Å². The van der Waals surface area contributed by atoms with Gasteiger partial charge in [0.05, 0.1) is 0 Å². The lowest BCUT2D eigenvalue weighted by Crippen LogP contribution is -2.44. The van der Waals surface area contributed by atoms with Crippen molar-refractivity contribution in [3.63, 3.8) is 0 Å². The number of benzene rings is 2. The maximum Gasteiger partial charge on any atom is 0.325 e. The molecule has 54 heavy (non-hydrogen) atoms. The number of amides is 6. The van der Waals surface area contributed by atoms with E-state index in [0.29, 0.717) is 50.0 Å². The first kappa shape index (κ1) is 42.7. The SMILES string of the molecule is CC1(CCc2cc(C(C)(C)C)c(O)c(C(C)(C)C)c2)NC(=O)N(CCCCN2C(=O)NC(C)(CCc3cc(C(C)(C)C)c(O)c(C(C)(C)C)c3)C2=O)C1=O. The van der Waals surface area contributed by atoms with Gasteiger partial charge >= 0.3 is 12.1 Å². The maximum absolute atomic E-state index is 13.6. The molecule has 2 aromatic carbocycles. The molecule has 2 aliphatic rings. The zero-order valence-corrected chi connectivity index (χ0v) is 35.4. The monoisotopic (exact) mass is 746 g/mol. The van der Waals surface area contributed by atoms with Crippen LogP contribution in [0.1, 0.15) is 156 Å². The minimum absolute atomic E-state index is 0.176. The molecule has 0 bridgehead atoms. The van der Waals surface area contributed by atoms with Gasteiger partial charge in [0.25, 0.3) is 11.8 Å². The maximum atomic E-state index is 13.6. The Hall–Kier alpha value is -4.08. The lowest BCUT2D eigenvalue weighted by molar-refractivity contribution is -0.132. The van der Waals surface area contributed by atoms with E-state index in [4.69, 9.17) is 0 Å². The number of carbonyl (C=O) groups excluding carboxylic acids is 4. The standard InChI is InChI=1S/C44H66N4O6/c1-39(2,3)29-23-27(24-30(33(29)49)40(4,5)6)17-19-43(13)35(51)47(37(53)45-43)21-15-16-22-48-36(52)44(14,46-38(48)54)20-18-28-25-31(41(7,8)9)34(50)32(26-28)42(10,11)12/h23-26,49-50H,15-22H2,1-14H3,(H,45,53)(H,46,54). The van der Waals surface area contributed by atoms with Crippen molar-refractivity contribution in [3.05, 3.63) is 57.6 Å². The van der Waals surface area contributed by atoms with E-state index in [1.54, 1.807) is 13.8 Å². The number of aromatic hydroxyl groups is 2. The predicted octanol–water partition coefficient (Wildman–Crippen LogP) is 8.25. The highest BCUT2D eigenvalue weighted by molar-refractivity contribution is 6.07. The Labute approximate surface area is 323 Å². The Morgan fingerprint density at radius 3 is 1.02 bits per heavy atom. The molecule has 2 heterocycles. The molecule has 0 aromatic heterocycles. The number of carbonyl (C=O) groups is 4. The molecule has 0 saturated carbocycles. The first-order chi connectivity index (χ1) is 24.5. The third kappa shape index (κ3) is 8.89. The Balaban J connectivity index is 1.36. The molecule has 6 amide bonds. The number of aryl methyl sites for hydroxylation is 2. The van der Waals surface area contributed by atoms with Gasteiger partial charge < -0.3 is 20.8 Å². The van der Waals surface area contributed by atoms with Crippen LogP contribution in [0.25, 0.3) is 0 Å². The number of phenolic OH excluding ortho intramolecular Hbond substituents is 2. The van der Waals surface area contributed by atoms with Crippen molar-refractivity contribution in [1.29, 1.82) is 0 Å². The van der Waals surface area contributed by atoms with Crippen LogP contribution in [0.15, 0.2) is 24.3 Å². The number of phenols is 2. The molecule has 298 valence electrons. The van der Waals surface area contributed by atoms with Crippen LogP contribution in [0.2, 0.25) is 0 Å². The first-order valence-corrected chi connectivity index (χ1v) is 19.5. The molecule has 2 atom stereocenters. The lowest BCUT2D eigenvalue weighted by atomic mass is 9.77. The van der Waals surface area contributed by atoms with E-state index in [1.165, 1.54) is 9.80 Å². The molecule has 4 N–H and O–H groups in total. The molecule has 10 heteroatoms. The van der Waals surface area contributed by atoms with Crippen LogP contribution in [-0.2, 0) is 44.1 Å². The minimum atomic E-state index is -1.08. The van der Waals surface area contributed by atoms with Gasteiger partial charge in [-0.3, -0.25) is 19.4 Å². The number of nitrogens with zero attached hydrogens (tertiary/aromatic N) is 2. The first-order valence-electron chi connectivity index (χ1n) is 19.5. The highest BCUT2D eigenvalue weighted by atomic mass is 16.3. The van der Waals surface area contributed by atoms with E-state index in [9.17, 15) is 29.4 Å². The average molecular weight is 747 g/mol. The van der Waals surface area contributed by atoms with Crippen molar-refractivity contribution < 1.29 is 29.4 Å². The third-order valence-corrected chi connectivity index (χ3v) is 11.1. The normalized spacial score (nSPS) is 21.3. The van der Waals surface area contributed by atoms with Gasteiger partial charge in [-0.15, -0.1) is 0 Å². The molecule has 2 saturated heterocycles. The fraction of sp³-hybridized carbons (Fsp3) is 0.636. The van der Waals surface area contributed by atoms with Crippen LogP contribution < -0.4 is 10.6 Å². The van der Waals surface area contributed by atoms with Crippen LogP contribution in [0.3, 0.4) is 0 Å². The van der Waals surface area contributed by atoms with Crippen molar-refractivity contribution in [2.75, 3.05) is 13.1 Å². The minimum Gasteiger partial charge on any atom is -0.507 e. The largest absolute Gasteiger partial charge is 0.507 e. The summed E-state index contributed by atoms with van der Waals surface area (Å²) in [4.78, 5) is 55.8. The van der Waals surface area contributed by atoms with Crippen molar-refractivity contribution in [1.82, 2.24) is 20.4 Å². The number of hydrogen-bond donors (Lipinski definition) is 4. The second kappa shape index (κ2) is 14.5. The summed E-state index contributed by atoms with van der Waals surface area (Å²) >= 11 is 0. The Bertz CT molecular complexity index is 1600. The topological polar surface area (TPSA) is 139 Å². The number of imide groups is 2. The molecule has 0 spiro atoms. The quantitative estimate of drug-likeness (QED) is 0.135. The average Bonchev–Trinajstić information content (AvgIpc) is 3.37. The van der Waals surface area contributed by atoms with Gasteiger partial charge in [0.2, 0.25) is 0 Å². The molecule has 2 unspecified atom stereocenters. The Morgan fingerprint density at radius 1 is 0.519 bits per heavy atom. The molecule has 4 rings (SSSR count). The molecular formula is C44H66N4O6. The third-order valence-electron chi connectivity index (χ3n) is 11.1. The van der Waals surface area contributed by atoms with Crippen LogP contribution >= 0.6 is 0 Å². The van der Waals surface area contributed by atoms with Crippen molar-refractivity contribution in [2.24, 2.45) is 0 Å². The van der Waals surface area contributed by atoms with Crippen LogP contribution in [-0.4, -0.2) is 68.1 Å². The lowest BCUT2D eigenvalue weighted by Gasteiger charge is -2.29. The van der Waals surface area contributed by atoms with E-state index in [1.807, 2.05) is 24.3 Å². The summed E-state index contributed by atoms with van der Waals surface area (Å²) in [6.45, 7) is 28.6. The summed E-state index contributed by atoms with van der Waals surface area (Å²) in [6, 6.07) is 7.14. The van der Waals surface area contributed by atoms with E-state index in [2.05, 4.69) is 93.7 Å². The van der Waals surface area contributed by atoms with E-state index in [-0.39, 0.29) is 46.6 Å². The highest BCUT2D eigenvalue weighted by Gasteiger charge is 2.48. The van der Waals surface area contributed by atoms with Gasteiger partial charge in [-0.1, -0.05) is 107 Å². The van der Waals surface area contributed by atoms with Gasteiger partial charge in [-0.2, -0.15) is 0 Å². The van der Waals surface area contributed by atoms with Crippen LogP contribution in [0.4, 0.5) is 9.59 Å². The molecule has 10 nitrogen and oxygen atoms in total. The molecule has 2 aromatic rings. The molecular weight excluding hydrogens is 681 g/mol. The Kier molecular flexibility index (Phi) is 11.5. The van der Waals surface area contributed by atoms with Crippen molar-refractivity contribution in [3.8, 4) is 11.5 Å². The van der Waals surface area contributed by atoms with Gasteiger partial charge in [-0.05, 0) is 107 Å². The fourth-order valence-corrected chi connectivity index (χ4v) is 7.53. The number of rotatable bonds is 11. The Morgan fingerprint density at radius 2 is 0.778 bits per heavy atom. The van der Waals surface area contributed by atoms with E-state index >= 15 is 0 Å².